The molecule has 1 N–H and O–H groups in total. The van der Waals surface area contributed by atoms with Crippen molar-refractivity contribution in [1.29, 1.82) is 0 Å². The molecule has 0 saturated carbocycles. The van der Waals surface area contributed by atoms with E-state index in [-0.39, 0.29) is 5.75 Å². The third kappa shape index (κ3) is 1.92. The molecule has 1 heterocycles. The van der Waals surface area contributed by atoms with Crippen LogP contribution < -0.4 is 5.32 Å². The molecule has 0 fully saturated rings. The zero-order chi connectivity index (χ0) is 10.9. The molecule has 1 aromatic carbocycles. The summed E-state index contributed by atoms with van der Waals surface area (Å²) in [5.41, 5.74) is 2.07. The Bertz CT molecular complexity index is 453. The maximum atomic E-state index is 11.9. The second-order valence-corrected chi connectivity index (χ2v) is 6.11. The lowest BCUT2D eigenvalue weighted by atomic mass is 10.0. The summed E-state index contributed by atoms with van der Waals surface area (Å²) in [6, 6.07) is 7.76. The molecular weight excluding hydrogens is 210 g/mol. The van der Waals surface area contributed by atoms with Gasteiger partial charge in [-0.1, -0.05) is 31.2 Å². The average Bonchev–Trinajstić information content (AvgIpc) is 2.28. The van der Waals surface area contributed by atoms with Gasteiger partial charge >= 0.3 is 0 Å². The van der Waals surface area contributed by atoms with Crippen LogP contribution in [0.5, 0.6) is 0 Å². The predicted octanol–water partition coefficient (Wildman–Crippen LogP) is 1.27. The highest BCUT2D eigenvalue weighted by Gasteiger charge is 2.29. The normalized spacial score (nSPS) is 21.0. The predicted molar refractivity (Wildman–Crippen MR) is 60.4 cm³/mol. The van der Waals surface area contributed by atoms with Crippen LogP contribution >= 0.6 is 0 Å². The molecule has 4 heteroatoms. The Morgan fingerprint density at radius 1 is 1.40 bits per heavy atom. The van der Waals surface area contributed by atoms with E-state index in [2.05, 4.69) is 5.32 Å². The van der Waals surface area contributed by atoms with Gasteiger partial charge in [-0.05, 0) is 17.5 Å². The van der Waals surface area contributed by atoms with E-state index in [9.17, 15) is 8.42 Å². The van der Waals surface area contributed by atoms with Gasteiger partial charge in [0.15, 0.2) is 9.84 Å². The number of hydrogen-bond donors (Lipinski definition) is 1. The van der Waals surface area contributed by atoms with Crippen LogP contribution in [0.2, 0.25) is 0 Å². The number of hydrogen-bond acceptors (Lipinski definition) is 3. The van der Waals surface area contributed by atoms with Crippen molar-refractivity contribution in [1.82, 2.24) is 5.32 Å². The zero-order valence-corrected chi connectivity index (χ0v) is 9.55. The number of benzene rings is 1. The maximum Gasteiger partial charge on any atom is 0.170 e. The van der Waals surface area contributed by atoms with Crippen molar-refractivity contribution in [2.45, 2.75) is 18.7 Å². The molecule has 1 aromatic rings. The first-order valence-corrected chi connectivity index (χ1v) is 6.89. The Morgan fingerprint density at radius 2 is 2.13 bits per heavy atom. The second-order valence-electron chi connectivity index (χ2n) is 3.73. The van der Waals surface area contributed by atoms with Crippen molar-refractivity contribution in [2.75, 3.05) is 12.3 Å². The van der Waals surface area contributed by atoms with E-state index in [1.54, 1.807) is 6.92 Å². The van der Waals surface area contributed by atoms with Gasteiger partial charge in [0.2, 0.25) is 0 Å². The highest BCUT2D eigenvalue weighted by atomic mass is 32.2. The first-order valence-electron chi connectivity index (χ1n) is 5.18. The molecule has 0 spiro atoms. The standard InChI is InChI=1S/C11H15NO2S/c1-2-15(13,14)11-10-6-4-3-5-9(10)7-8-12-11/h3-6,11-12H,2,7-8H2,1H3. The maximum absolute atomic E-state index is 11.9. The summed E-state index contributed by atoms with van der Waals surface area (Å²) in [6.07, 6.45) is 0.909. The molecule has 1 aliphatic rings. The van der Waals surface area contributed by atoms with Crippen LogP contribution in [0.4, 0.5) is 0 Å². The third-order valence-electron chi connectivity index (χ3n) is 2.82. The van der Waals surface area contributed by atoms with Crippen LogP contribution in [0.3, 0.4) is 0 Å². The monoisotopic (exact) mass is 225 g/mol. The number of nitrogens with one attached hydrogen (secondary N) is 1. The number of rotatable bonds is 2. The minimum Gasteiger partial charge on any atom is -0.297 e. The van der Waals surface area contributed by atoms with Gasteiger partial charge in [0.1, 0.15) is 5.37 Å². The summed E-state index contributed by atoms with van der Waals surface area (Å²) in [5, 5.41) is 2.57. The first-order chi connectivity index (χ1) is 7.15. The molecule has 1 atom stereocenters. The van der Waals surface area contributed by atoms with E-state index in [1.165, 1.54) is 0 Å². The van der Waals surface area contributed by atoms with Crippen molar-refractivity contribution in [2.24, 2.45) is 0 Å². The van der Waals surface area contributed by atoms with Crippen molar-refractivity contribution < 1.29 is 8.42 Å². The van der Waals surface area contributed by atoms with Crippen molar-refractivity contribution >= 4 is 9.84 Å². The van der Waals surface area contributed by atoms with Gasteiger partial charge in [0.05, 0.1) is 0 Å². The summed E-state index contributed by atoms with van der Waals surface area (Å²) in [4.78, 5) is 0. The molecule has 3 nitrogen and oxygen atoms in total. The average molecular weight is 225 g/mol. The molecule has 0 aromatic heterocycles. The summed E-state index contributed by atoms with van der Waals surface area (Å²) in [7, 11) is -3.05. The van der Waals surface area contributed by atoms with Crippen molar-refractivity contribution in [3.8, 4) is 0 Å². The van der Waals surface area contributed by atoms with Crippen LogP contribution in [-0.2, 0) is 16.3 Å². The van der Waals surface area contributed by atoms with E-state index in [1.807, 2.05) is 24.3 Å². The number of fused-ring (bicyclic) bond motifs is 1. The largest absolute Gasteiger partial charge is 0.297 e. The third-order valence-corrected chi connectivity index (χ3v) is 4.77. The van der Waals surface area contributed by atoms with E-state index >= 15 is 0 Å². The lowest BCUT2D eigenvalue weighted by Gasteiger charge is -2.26. The SMILES string of the molecule is CCS(=O)(=O)C1NCCc2ccccc21. The van der Waals surface area contributed by atoms with Crippen LogP contribution in [0, 0.1) is 0 Å². The van der Waals surface area contributed by atoms with Gasteiger partial charge in [-0.3, -0.25) is 5.32 Å². The zero-order valence-electron chi connectivity index (χ0n) is 8.73. The molecule has 0 aliphatic carbocycles. The van der Waals surface area contributed by atoms with Crippen molar-refractivity contribution in [3.05, 3.63) is 35.4 Å². The Balaban J connectivity index is 2.47. The van der Waals surface area contributed by atoms with Crippen LogP contribution in [0.15, 0.2) is 24.3 Å². The van der Waals surface area contributed by atoms with E-state index < -0.39 is 15.2 Å². The first kappa shape index (κ1) is 10.6. The Hall–Kier alpha value is -0.870. The minimum atomic E-state index is -3.05. The van der Waals surface area contributed by atoms with Crippen LogP contribution in [-0.4, -0.2) is 20.7 Å². The van der Waals surface area contributed by atoms with Gasteiger partial charge in [-0.2, -0.15) is 0 Å². The molecule has 82 valence electrons. The van der Waals surface area contributed by atoms with Crippen LogP contribution in [0.1, 0.15) is 23.4 Å². The molecule has 0 amide bonds. The molecule has 2 rings (SSSR count). The molecule has 0 bridgehead atoms. The second kappa shape index (κ2) is 3.94. The lowest BCUT2D eigenvalue weighted by molar-refractivity contribution is 0.543. The summed E-state index contributed by atoms with van der Waals surface area (Å²) in [5.74, 6) is 0.180. The Labute approximate surface area is 90.4 Å². The van der Waals surface area contributed by atoms with Gasteiger partial charge in [-0.15, -0.1) is 0 Å². The summed E-state index contributed by atoms with van der Waals surface area (Å²) >= 11 is 0. The molecule has 0 radical (unpaired) electrons. The van der Waals surface area contributed by atoms with Gasteiger partial charge in [-0.25, -0.2) is 8.42 Å². The Morgan fingerprint density at radius 3 is 2.87 bits per heavy atom. The number of sulfone groups is 1. The van der Waals surface area contributed by atoms with E-state index in [4.69, 9.17) is 0 Å². The van der Waals surface area contributed by atoms with Crippen molar-refractivity contribution in [3.63, 3.8) is 0 Å². The highest BCUT2D eigenvalue weighted by molar-refractivity contribution is 7.91. The topological polar surface area (TPSA) is 46.2 Å². The van der Waals surface area contributed by atoms with E-state index in [0.29, 0.717) is 0 Å². The quantitative estimate of drug-likeness (QED) is 0.824. The smallest absolute Gasteiger partial charge is 0.170 e. The summed E-state index contributed by atoms with van der Waals surface area (Å²) < 4.78 is 23.7. The highest BCUT2D eigenvalue weighted by Crippen LogP contribution is 2.27. The molecule has 15 heavy (non-hydrogen) atoms. The fraction of sp³-hybridized carbons (Fsp3) is 0.455. The lowest BCUT2D eigenvalue weighted by Crippen LogP contribution is -2.35. The van der Waals surface area contributed by atoms with Gasteiger partial charge < -0.3 is 0 Å². The fourth-order valence-corrected chi connectivity index (χ4v) is 3.27. The molecular formula is C11H15NO2S. The molecule has 1 unspecified atom stereocenters. The molecule has 1 aliphatic heterocycles. The fourth-order valence-electron chi connectivity index (χ4n) is 1.95. The Kier molecular flexibility index (Phi) is 2.80. The van der Waals surface area contributed by atoms with Gasteiger partial charge in [0.25, 0.3) is 0 Å². The van der Waals surface area contributed by atoms with E-state index in [0.717, 1.165) is 24.1 Å². The van der Waals surface area contributed by atoms with Gasteiger partial charge in [0, 0.05) is 12.3 Å². The minimum absolute atomic E-state index is 0.180. The molecule has 0 saturated heterocycles. The summed E-state index contributed by atoms with van der Waals surface area (Å²) in [6.45, 7) is 2.43. The van der Waals surface area contributed by atoms with Crippen LogP contribution in [0.25, 0.3) is 0 Å².